The Labute approximate surface area is 124 Å². The van der Waals surface area contributed by atoms with Gasteiger partial charge >= 0.3 is 6.01 Å². The summed E-state index contributed by atoms with van der Waals surface area (Å²) in [5.41, 5.74) is 4.15. The molecule has 21 heavy (non-hydrogen) atoms. The second-order valence-corrected chi connectivity index (χ2v) is 4.93. The molecule has 0 saturated heterocycles. The van der Waals surface area contributed by atoms with Gasteiger partial charge in [-0.15, -0.1) is 0 Å². The Morgan fingerprint density at radius 2 is 1.29 bits per heavy atom. The summed E-state index contributed by atoms with van der Waals surface area (Å²) in [5.74, 6) is 0.736. The van der Waals surface area contributed by atoms with Gasteiger partial charge in [-0.2, -0.15) is 0 Å². The Kier molecular flexibility index (Phi) is 3.65. The van der Waals surface area contributed by atoms with Gasteiger partial charge in [-0.25, -0.2) is 9.97 Å². The molecule has 0 aliphatic heterocycles. The number of aryl methyl sites for hydroxylation is 2. The molecule has 2 aromatic carbocycles. The number of hydrogen-bond donors (Lipinski definition) is 0. The van der Waals surface area contributed by atoms with Gasteiger partial charge in [0.25, 0.3) is 0 Å². The summed E-state index contributed by atoms with van der Waals surface area (Å²) in [4.78, 5) is 8.55. The SMILES string of the molecule is Cc1cc(C)nc(Oc2ccc(-c3ccccc3)cc2)n1. The van der Waals surface area contributed by atoms with Gasteiger partial charge in [0.15, 0.2) is 0 Å². The zero-order valence-corrected chi connectivity index (χ0v) is 12.1. The normalized spacial score (nSPS) is 10.4. The Balaban J connectivity index is 1.81. The molecule has 0 saturated carbocycles. The molecule has 0 radical (unpaired) electrons. The van der Waals surface area contributed by atoms with Crippen LogP contribution in [0, 0.1) is 13.8 Å². The maximum absolute atomic E-state index is 5.71. The van der Waals surface area contributed by atoms with Crippen molar-refractivity contribution in [3.63, 3.8) is 0 Å². The first-order valence-electron chi connectivity index (χ1n) is 6.86. The molecular formula is C18H16N2O. The fourth-order valence-electron chi connectivity index (χ4n) is 2.19. The van der Waals surface area contributed by atoms with Crippen molar-refractivity contribution in [2.75, 3.05) is 0 Å². The predicted octanol–water partition coefficient (Wildman–Crippen LogP) is 4.55. The average molecular weight is 276 g/mol. The summed E-state index contributed by atoms with van der Waals surface area (Å²) in [5, 5.41) is 0. The van der Waals surface area contributed by atoms with Gasteiger partial charge in [0.05, 0.1) is 0 Å². The van der Waals surface area contributed by atoms with Crippen LogP contribution < -0.4 is 4.74 Å². The highest BCUT2D eigenvalue weighted by Gasteiger charge is 2.03. The lowest BCUT2D eigenvalue weighted by Crippen LogP contribution is -1.95. The largest absolute Gasteiger partial charge is 0.424 e. The molecule has 3 rings (SSSR count). The third-order valence-corrected chi connectivity index (χ3v) is 3.13. The van der Waals surface area contributed by atoms with Gasteiger partial charge in [0.2, 0.25) is 0 Å². The number of nitrogens with zero attached hydrogens (tertiary/aromatic N) is 2. The molecule has 0 N–H and O–H groups in total. The van der Waals surface area contributed by atoms with Crippen LogP contribution in [0.1, 0.15) is 11.4 Å². The van der Waals surface area contributed by atoms with Crippen molar-refractivity contribution < 1.29 is 4.74 Å². The molecular weight excluding hydrogens is 260 g/mol. The Hall–Kier alpha value is -2.68. The molecule has 0 atom stereocenters. The second kappa shape index (κ2) is 5.75. The van der Waals surface area contributed by atoms with E-state index in [-0.39, 0.29) is 0 Å². The fraction of sp³-hybridized carbons (Fsp3) is 0.111. The average Bonchev–Trinajstić information content (AvgIpc) is 2.48. The van der Waals surface area contributed by atoms with E-state index in [2.05, 4.69) is 22.1 Å². The molecule has 3 nitrogen and oxygen atoms in total. The fourth-order valence-corrected chi connectivity index (χ4v) is 2.19. The van der Waals surface area contributed by atoms with Crippen molar-refractivity contribution in [2.24, 2.45) is 0 Å². The molecule has 0 amide bonds. The Morgan fingerprint density at radius 3 is 1.90 bits per heavy atom. The van der Waals surface area contributed by atoms with Crippen LogP contribution in [0.2, 0.25) is 0 Å². The van der Waals surface area contributed by atoms with Crippen LogP contribution in [0.15, 0.2) is 60.7 Å². The van der Waals surface area contributed by atoms with Gasteiger partial charge in [-0.05, 0) is 43.2 Å². The lowest BCUT2D eigenvalue weighted by molar-refractivity contribution is 0.439. The number of benzene rings is 2. The Bertz CT molecular complexity index is 717. The van der Waals surface area contributed by atoms with E-state index in [9.17, 15) is 0 Å². The van der Waals surface area contributed by atoms with E-state index in [1.165, 1.54) is 5.56 Å². The predicted molar refractivity (Wildman–Crippen MR) is 83.5 cm³/mol. The van der Waals surface area contributed by atoms with E-state index in [0.717, 1.165) is 22.7 Å². The van der Waals surface area contributed by atoms with Crippen molar-refractivity contribution in [1.29, 1.82) is 0 Å². The van der Waals surface area contributed by atoms with Crippen LogP contribution in [0.4, 0.5) is 0 Å². The van der Waals surface area contributed by atoms with Crippen molar-refractivity contribution in [2.45, 2.75) is 13.8 Å². The summed E-state index contributed by atoms with van der Waals surface area (Å²) < 4.78 is 5.71. The lowest BCUT2D eigenvalue weighted by Gasteiger charge is -2.07. The molecule has 0 bridgehead atoms. The van der Waals surface area contributed by atoms with E-state index in [4.69, 9.17) is 4.74 Å². The maximum Gasteiger partial charge on any atom is 0.322 e. The second-order valence-electron chi connectivity index (χ2n) is 4.93. The van der Waals surface area contributed by atoms with Crippen LogP contribution >= 0.6 is 0 Å². The highest BCUT2D eigenvalue weighted by Crippen LogP contribution is 2.24. The molecule has 1 heterocycles. The van der Waals surface area contributed by atoms with Crippen molar-refractivity contribution in [3.05, 3.63) is 72.1 Å². The summed E-state index contributed by atoms with van der Waals surface area (Å²) in [7, 11) is 0. The zero-order chi connectivity index (χ0) is 14.7. The van der Waals surface area contributed by atoms with Crippen LogP contribution in [-0.4, -0.2) is 9.97 Å². The molecule has 0 aliphatic carbocycles. The minimum absolute atomic E-state index is 0.389. The molecule has 3 aromatic rings. The van der Waals surface area contributed by atoms with E-state index in [0.29, 0.717) is 6.01 Å². The molecule has 104 valence electrons. The number of ether oxygens (including phenoxy) is 1. The van der Waals surface area contributed by atoms with Crippen molar-refractivity contribution in [3.8, 4) is 22.9 Å². The van der Waals surface area contributed by atoms with Crippen LogP contribution in [0.3, 0.4) is 0 Å². The third kappa shape index (κ3) is 3.26. The monoisotopic (exact) mass is 276 g/mol. The topological polar surface area (TPSA) is 35.0 Å². The quantitative estimate of drug-likeness (QED) is 0.703. The lowest BCUT2D eigenvalue weighted by atomic mass is 10.1. The molecule has 1 aromatic heterocycles. The van der Waals surface area contributed by atoms with Crippen LogP contribution in [0.5, 0.6) is 11.8 Å². The minimum atomic E-state index is 0.389. The molecule has 0 unspecified atom stereocenters. The molecule has 0 fully saturated rings. The summed E-state index contributed by atoms with van der Waals surface area (Å²) in [6.07, 6.45) is 0. The van der Waals surface area contributed by atoms with Gasteiger partial charge in [0.1, 0.15) is 5.75 Å². The summed E-state index contributed by atoms with van der Waals surface area (Å²) >= 11 is 0. The van der Waals surface area contributed by atoms with Crippen molar-refractivity contribution >= 4 is 0 Å². The smallest absolute Gasteiger partial charge is 0.322 e. The highest BCUT2D eigenvalue weighted by atomic mass is 16.5. The standard InChI is InChI=1S/C18H16N2O/c1-13-12-14(2)20-18(19-13)21-17-10-8-16(9-11-17)15-6-4-3-5-7-15/h3-12H,1-2H3. The molecule has 0 spiro atoms. The minimum Gasteiger partial charge on any atom is -0.424 e. The van der Waals surface area contributed by atoms with Gasteiger partial charge in [0, 0.05) is 11.4 Å². The summed E-state index contributed by atoms with van der Waals surface area (Å²) in [6.45, 7) is 3.86. The Morgan fingerprint density at radius 1 is 0.714 bits per heavy atom. The first-order chi connectivity index (χ1) is 10.2. The molecule has 0 aliphatic rings. The van der Waals surface area contributed by atoms with Gasteiger partial charge in [-0.3, -0.25) is 0 Å². The first kappa shape index (κ1) is 13.3. The van der Waals surface area contributed by atoms with Crippen LogP contribution in [0.25, 0.3) is 11.1 Å². The van der Waals surface area contributed by atoms with Crippen molar-refractivity contribution in [1.82, 2.24) is 9.97 Å². The van der Waals surface area contributed by atoms with Crippen LogP contribution in [-0.2, 0) is 0 Å². The van der Waals surface area contributed by atoms with E-state index >= 15 is 0 Å². The first-order valence-corrected chi connectivity index (χ1v) is 6.86. The highest BCUT2D eigenvalue weighted by molar-refractivity contribution is 5.63. The van der Waals surface area contributed by atoms with E-state index < -0.39 is 0 Å². The maximum atomic E-state index is 5.71. The van der Waals surface area contributed by atoms with E-state index in [1.54, 1.807) is 0 Å². The number of aromatic nitrogens is 2. The molecule has 3 heteroatoms. The summed E-state index contributed by atoms with van der Waals surface area (Å²) in [6, 6.07) is 20.5. The number of hydrogen-bond acceptors (Lipinski definition) is 3. The zero-order valence-electron chi connectivity index (χ0n) is 12.1. The van der Waals surface area contributed by atoms with E-state index in [1.807, 2.05) is 62.4 Å². The van der Waals surface area contributed by atoms with Gasteiger partial charge < -0.3 is 4.74 Å². The number of rotatable bonds is 3. The third-order valence-electron chi connectivity index (χ3n) is 3.13. The van der Waals surface area contributed by atoms with Gasteiger partial charge in [-0.1, -0.05) is 42.5 Å².